The molecular weight excluding hydrogens is 250 g/mol. The number of hydrogen-bond acceptors (Lipinski definition) is 3. The maximum absolute atomic E-state index is 6.04. The summed E-state index contributed by atoms with van der Waals surface area (Å²) >= 11 is 6.04. The molecule has 96 valence electrons. The minimum absolute atomic E-state index is 0.567. The fraction of sp³-hybridized carbons (Fsp3) is 0.308. The number of rotatable bonds is 4. The summed E-state index contributed by atoms with van der Waals surface area (Å²) in [6.45, 7) is 2.48. The van der Waals surface area contributed by atoms with Crippen LogP contribution in [0.2, 0.25) is 5.02 Å². The van der Waals surface area contributed by atoms with Crippen molar-refractivity contribution < 1.29 is 4.74 Å². The van der Waals surface area contributed by atoms with Crippen LogP contribution in [0.1, 0.15) is 11.5 Å². The summed E-state index contributed by atoms with van der Waals surface area (Å²) < 4.78 is 5.35. The van der Waals surface area contributed by atoms with Crippen LogP contribution < -0.4 is 10.5 Å². The molecule has 0 saturated carbocycles. The van der Waals surface area contributed by atoms with E-state index in [4.69, 9.17) is 22.1 Å². The Bertz CT molecular complexity index is 551. The highest BCUT2D eigenvalue weighted by molar-refractivity contribution is 6.31. The fourth-order valence-electron chi connectivity index (χ4n) is 1.95. The molecule has 3 N–H and O–H groups in total. The maximum atomic E-state index is 6.04. The number of ether oxygens (including phenoxy) is 1. The predicted octanol–water partition coefficient (Wildman–Crippen LogP) is 2.55. The normalized spacial score (nSPS) is 10.7. The Morgan fingerprint density at radius 2 is 2.22 bits per heavy atom. The van der Waals surface area contributed by atoms with Gasteiger partial charge in [0.2, 0.25) is 0 Å². The van der Waals surface area contributed by atoms with E-state index in [2.05, 4.69) is 9.97 Å². The van der Waals surface area contributed by atoms with Gasteiger partial charge in [-0.05, 0) is 31.7 Å². The molecule has 0 unspecified atom stereocenters. The number of benzene rings is 1. The van der Waals surface area contributed by atoms with Crippen LogP contribution in [0, 0.1) is 6.92 Å². The summed E-state index contributed by atoms with van der Waals surface area (Å²) in [6, 6.07) is 5.50. The van der Waals surface area contributed by atoms with Crippen LogP contribution in [-0.2, 0) is 6.42 Å². The zero-order valence-corrected chi connectivity index (χ0v) is 11.2. The number of imidazole rings is 1. The molecule has 0 amide bonds. The Hall–Kier alpha value is -1.52. The van der Waals surface area contributed by atoms with Gasteiger partial charge in [-0.25, -0.2) is 4.98 Å². The SMILES string of the molecule is COc1ccc(Cl)cc1-c1nc(C)[nH]c1CCN. The molecule has 0 saturated heterocycles. The van der Waals surface area contributed by atoms with Crippen molar-refractivity contribution in [2.24, 2.45) is 5.73 Å². The van der Waals surface area contributed by atoms with Gasteiger partial charge in [0.1, 0.15) is 11.6 Å². The number of nitrogens with one attached hydrogen (secondary N) is 1. The molecule has 0 bridgehead atoms. The molecule has 4 nitrogen and oxygen atoms in total. The average Bonchev–Trinajstić information content (AvgIpc) is 2.71. The number of halogens is 1. The van der Waals surface area contributed by atoms with Crippen LogP contribution in [0.5, 0.6) is 5.75 Å². The van der Waals surface area contributed by atoms with Crippen LogP contribution in [0.25, 0.3) is 11.3 Å². The van der Waals surface area contributed by atoms with Gasteiger partial charge in [-0.2, -0.15) is 0 Å². The number of H-pyrrole nitrogens is 1. The topological polar surface area (TPSA) is 63.9 Å². The summed E-state index contributed by atoms with van der Waals surface area (Å²) in [5.41, 5.74) is 8.37. The summed E-state index contributed by atoms with van der Waals surface area (Å²) in [5.74, 6) is 1.61. The van der Waals surface area contributed by atoms with E-state index in [-0.39, 0.29) is 0 Å². The molecule has 0 spiro atoms. The van der Waals surface area contributed by atoms with Crippen molar-refractivity contribution in [3.8, 4) is 17.0 Å². The summed E-state index contributed by atoms with van der Waals surface area (Å²) in [7, 11) is 1.63. The third-order valence-electron chi connectivity index (χ3n) is 2.71. The second-order valence-electron chi connectivity index (χ2n) is 4.03. The maximum Gasteiger partial charge on any atom is 0.128 e. The second kappa shape index (κ2) is 5.42. The predicted molar refractivity (Wildman–Crippen MR) is 73.1 cm³/mol. The Balaban J connectivity index is 2.56. The van der Waals surface area contributed by atoms with Crippen LogP contribution in [-0.4, -0.2) is 23.6 Å². The van der Waals surface area contributed by atoms with Crippen LogP contribution in [0.3, 0.4) is 0 Å². The lowest BCUT2D eigenvalue weighted by Crippen LogP contribution is -2.04. The van der Waals surface area contributed by atoms with Gasteiger partial charge >= 0.3 is 0 Å². The van der Waals surface area contributed by atoms with E-state index >= 15 is 0 Å². The lowest BCUT2D eigenvalue weighted by Gasteiger charge is -2.08. The number of aromatic amines is 1. The summed E-state index contributed by atoms with van der Waals surface area (Å²) in [4.78, 5) is 7.72. The van der Waals surface area contributed by atoms with Crippen molar-refractivity contribution in [1.82, 2.24) is 9.97 Å². The van der Waals surface area contributed by atoms with Gasteiger partial charge < -0.3 is 15.5 Å². The monoisotopic (exact) mass is 265 g/mol. The van der Waals surface area contributed by atoms with Gasteiger partial charge in [0.05, 0.1) is 12.8 Å². The van der Waals surface area contributed by atoms with Crippen molar-refractivity contribution in [3.63, 3.8) is 0 Å². The van der Waals surface area contributed by atoms with Crippen LogP contribution in [0.15, 0.2) is 18.2 Å². The lowest BCUT2D eigenvalue weighted by atomic mass is 10.1. The number of nitrogens with zero attached hydrogens (tertiary/aromatic N) is 1. The first-order valence-electron chi connectivity index (χ1n) is 5.75. The first-order valence-corrected chi connectivity index (χ1v) is 6.13. The zero-order valence-electron chi connectivity index (χ0n) is 10.5. The molecule has 1 aromatic heterocycles. The Labute approximate surface area is 111 Å². The number of aryl methyl sites for hydroxylation is 1. The third-order valence-corrected chi connectivity index (χ3v) is 2.94. The molecular formula is C13H16ClN3O. The molecule has 1 heterocycles. The fourth-order valence-corrected chi connectivity index (χ4v) is 2.13. The Morgan fingerprint density at radius 3 is 2.89 bits per heavy atom. The minimum atomic E-state index is 0.567. The summed E-state index contributed by atoms with van der Waals surface area (Å²) in [5, 5.41) is 0.658. The lowest BCUT2D eigenvalue weighted by molar-refractivity contribution is 0.416. The summed E-state index contributed by atoms with van der Waals surface area (Å²) in [6.07, 6.45) is 0.742. The quantitative estimate of drug-likeness (QED) is 0.893. The van der Waals surface area contributed by atoms with Crippen molar-refractivity contribution in [2.75, 3.05) is 13.7 Å². The molecule has 0 aliphatic heterocycles. The highest BCUT2D eigenvalue weighted by Gasteiger charge is 2.14. The van der Waals surface area contributed by atoms with Gasteiger partial charge in [0.15, 0.2) is 0 Å². The zero-order chi connectivity index (χ0) is 13.1. The standard InChI is InChI=1S/C13H16ClN3O/c1-8-16-11(5-6-15)13(17-8)10-7-9(14)3-4-12(10)18-2/h3-4,7H,5-6,15H2,1-2H3,(H,16,17). The highest BCUT2D eigenvalue weighted by atomic mass is 35.5. The van der Waals surface area contributed by atoms with Crippen molar-refractivity contribution in [1.29, 1.82) is 0 Å². The van der Waals surface area contributed by atoms with Crippen LogP contribution in [0.4, 0.5) is 0 Å². The van der Waals surface area contributed by atoms with Crippen LogP contribution >= 0.6 is 11.6 Å². The van der Waals surface area contributed by atoms with Gasteiger partial charge in [-0.15, -0.1) is 0 Å². The number of nitrogens with two attached hydrogens (primary N) is 1. The van der Waals surface area contributed by atoms with Gasteiger partial charge in [-0.3, -0.25) is 0 Å². The number of hydrogen-bond donors (Lipinski definition) is 2. The molecule has 0 radical (unpaired) electrons. The molecule has 5 heteroatoms. The Kier molecular flexibility index (Phi) is 3.89. The molecule has 0 aliphatic carbocycles. The Morgan fingerprint density at radius 1 is 1.44 bits per heavy atom. The van der Waals surface area contributed by atoms with Crippen molar-refractivity contribution >= 4 is 11.6 Å². The van der Waals surface area contributed by atoms with E-state index in [0.717, 1.165) is 34.9 Å². The van der Waals surface area contributed by atoms with E-state index in [1.54, 1.807) is 13.2 Å². The molecule has 2 rings (SSSR count). The third kappa shape index (κ3) is 2.49. The van der Waals surface area contributed by atoms with Crippen molar-refractivity contribution in [3.05, 3.63) is 34.7 Å². The van der Waals surface area contributed by atoms with E-state index in [1.165, 1.54) is 0 Å². The first-order chi connectivity index (χ1) is 8.65. The van der Waals surface area contributed by atoms with E-state index < -0.39 is 0 Å². The molecule has 0 atom stereocenters. The number of aromatic nitrogens is 2. The molecule has 2 aromatic rings. The van der Waals surface area contributed by atoms with E-state index in [1.807, 2.05) is 19.1 Å². The first kappa shape index (κ1) is 12.9. The number of methoxy groups -OCH3 is 1. The van der Waals surface area contributed by atoms with Gasteiger partial charge in [0, 0.05) is 22.7 Å². The van der Waals surface area contributed by atoms with E-state index in [0.29, 0.717) is 11.6 Å². The van der Waals surface area contributed by atoms with Crippen molar-refractivity contribution in [2.45, 2.75) is 13.3 Å². The van der Waals surface area contributed by atoms with Gasteiger partial charge in [-0.1, -0.05) is 11.6 Å². The minimum Gasteiger partial charge on any atom is -0.496 e. The molecule has 1 aromatic carbocycles. The average molecular weight is 266 g/mol. The largest absolute Gasteiger partial charge is 0.496 e. The van der Waals surface area contributed by atoms with E-state index in [9.17, 15) is 0 Å². The molecule has 0 fully saturated rings. The molecule has 0 aliphatic rings. The smallest absolute Gasteiger partial charge is 0.128 e. The second-order valence-corrected chi connectivity index (χ2v) is 4.47. The molecule has 18 heavy (non-hydrogen) atoms. The van der Waals surface area contributed by atoms with Gasteiger partial charge in [0.25, 0.3) is 0 Å². The highest BCUT2D eigenvalue weighted by Crippen LogP contribution is 2.33.